The van der Waals surface area contributed by atoms with E-state index in [1.54, 1.807) is 16.8 Å². The van der Waals surface area contributed by atoms with Crippen molar-refractivity contribution in [3.05, 3.63) is 46.2 Å². The van der Waals surface area contributed by atoms with Gasteiger partial charge in [-0.15, -0.1) is 0 Å². The first kappa shape index (κ1) is 13.6. The van der Waals surface area contributed by atoms with Crippen molar-refractivity contribution < 1.29 is 4.79 Å². The molecule has 0 atom stereocenters. The number of carbonyl (C=O) groups is 1. The van der Waals surface area contributed by atoms with Crippen molar-refractivity contribution in [2.45, 2.75) is 20.3 Å². The van der Waals surface area contributed by atoms with Crippen LogP contribution in [0.25, 0.3) is 0 Å². The Morgan fingerprint density at radius 1 is 1.32 bits per heavy atom. The third-order valence-electron chi connectivity index (χ3n) is 3.05. The van der Waals surface area contributed by atoms with Gasteiger partial charge in [0, 0.05) is 12.1 Å². The molecule has 1 N–H and O–H groups in total. The molecule has 0 saturated heterocycles. The summed E-state index contributed by atoms with van der Waals surface area (Å²) in [4.78, 5) is 12.0. The van der Waals surface area contributed by atoms with E-state index in [1.807, 2.05) is 33.0 Å². The highest BCUT2D eigenvalue weighted by atomic mass is 35.5. The van der Waals surface area contributed by atoms with Crippen molar-refractivity contribution in [1.82, 2.24) is 9.78 Å². The summed E-state index contributed by atoms with van der Waals surface area (Å²) in [6.45, 7) is 3.81. The van der Waals surface area contributed by atoms with Crippen LogP contribution in [0, 0.1) is 13.8 Å². The standard InChI is InChI=1S/C14H16ClN3O/c1-9-14(10(2)18(3)17-9)16-13(19)8-11-4-6-12(15)7-5-11/h4-7H,8H2,1-3H3,(H,16,19). The Kier molecular flexibility index (Phi) is 3.90. The zero-order chi connectivity index (χ0) is 14.0. The Hall–Kier alpha value is -1.81. The average molecular weight is 278 g/mol. The number of carbonyl (C=O) groups excluding carboxylic acids is 1. The number of aryl methyl sites for hydroxylation is 2. The zero-order valence-electron chi connectivity index (χ0n) is 11.2. The number of hydrogen-bond acceptors (Lipinski definition) is 2. The molecule has 19 heavy (non-hydrogen) atoms. The number of nitrogens with one attached hydrogen (secondary N) is 1. The van der Waals surface area contributed by atoms with E-state index < -0.39 is 0 Å². The minimum Gasteiger partial charge on any atom is -0.323 e. The Morgan fingerprint density at radius 3 is 2.47 bits per heavy atom. The van der Waals surface area contributed by atoms with Crippen LogP contribution in [0.5, 0.6) is 0 Å². The summed E-state index contributed by atoms with van der Waals surface area (Å²) < 4.78 is 1.76. The van der Waals surface area contributed by atoms with Crippen molar-refractivity contribution >= 4 is 23.2 Å². The van der Waals surface area contributed by atoms with Crippen LogP contribution in [-0.2, 0) is 18.3 Å². The molecule has 5 heteroatoms. The first-order valence-electron chi connectivity index (χ1n) is 6.02. The van der Waals surface area contributed by atoms with E-state index in [-0.39, 0.29) is 5.91 Å². The number of benzene rings is 1. The first-order chi connectivity index (χ1) is 8.97. The van der Waals surface area contributed by atoms with Gasteiger partial charge in [-0.25, -0.2) is 0 Å². The lowest BCUT2D eigenvalue weighted by atomic mass is 10.1. The maximum absolute atomic E-state index is 12.0. The summed E-state index contributed by atoms with van der Waals surface area (Å²) in [7, 11) is 1.86. The lowest BCUT2D eigenvalue weighted by Crippen LogP contribution is -2.15. The zero-order valence-corrected chi connectivity index (χ0v) is 12.0. The highest BCUT2D eigenvalue weighted by molar-refractivity contribution is 6.30. The van der Waals surface area contributed by atoms with Crippen LogP contribution in [0.3, 0.4) is 0 Å². The molecule has 0 aliphatic rings. The Balaban J connectivity index is 2.07. The molecule has 0 aliphatic heterocycles. The fourth-order valence-electron chi connectivity index (χ4n) is 1.93. The molecule has 1 heterocycles. The summed E-state index contributed by atoms with van der Waals surface area (Å²) in [6.07, 6.45) is 0.324. The molecule has 0 saturated carbocycles. The molecule has 2 aromatic rings. The molecule has 2 rings (SSSR count). The molecule has 1 aromatic heterocycles. The molecule has 1 aromatic carbocycles. The predicted octanol–water partition coefficient (Wildman–Crippen LogP) is 2.87. The predicted molar refractivity (Wildman–Crippen MR) is 76.5 cm³/mol. The third kappa shape index (κ3) is 3.15. The smallest absolute Gasteiger partial charge is 0.228 e. The van der Waals surface area contributed by atoms with Gasteiger partial charge in [0.2, 0.25) is 5.91 Å². The number of rotatable bonds is 3. The number of amides is 1. The Bertz CT molecular complexity index is 602. The van der Waals surface area contributed by atoms with Crippen LogP contribution in [0.2, 0.25) is 5.02 Å². The second-order valence-corrected chi connectivity index (χ2v) is 4.96. The molecule has 1 amide bonds. The van der Waals surface area contributed by atoms with Crippen molar-refractivity contribution in [3.8, 4) is 0 Å². The Morgan fingerprint density at radius 2 is 1.95 bits per heavy atom. The van der Waals surface area contributed by atoms with Gasteiger partial charge in [-0.3, -0.25) is 9.48 Å². The maximum Gasteiger partial charge on any atom is 0.228 e. The summed E-state index contributed by atoms with van der Waals surface area (Å²) in [5.41, 5.74) is 3.49. The van der Waals surface area contributed by atoms with E-state index in [9.17, 15) is 4.79 Å². The number of hydrogen-bond donors (Lipinski definition) is 1. The number of nitrogens with zero attached hydrogens (tertiary/aromatic N) is 2. The lowest BCUT2D eigenvalue weighted by Gasteiger charge is -2.06. The number of aromatic nitrogens is 2. The Labute approximate surface area is 117 Å². The van der Waals surface area contributed by atoms with Crippen LogP contribution >= 0.6 is 11.6 Å². The molecule has 100 valence electrons. The fourth-order valence-corrected chi connectivity index (χ4v) is 2.05. The lowest BCUT2D eigenvalue weighted by molar-refractivity contribution is -0.115. The topological polar surface area (TPSA) is 46.9 Å². The minimum atomic E-state index is -0.0541. The molecule has 0 aliphatic carbocycles. The largest absolute Gasteiger partial charge is 0.323 e. The highest BCUT2D eigenvalue weighted by Gasteiger charge is 2.12. The van der Waals surface area contributed by atoms with Crippen molar-refractivity contribution in [2.75, 3.05) is 5.32 Å². The average Bonchev–Trinajstić information content (AvgIpc) is 2.59. The third-order valence-corrected chi connectivity index (χ3v) is 3.30. The molecular weight excluding hydrogens is 262 g/mol. The van der Waals surface area contributed by atoms with Gasteiger partial charge in [-0.2, -0.15) is 5.10 Å². The fraction of sp³-hybridized carbons (Fsp3) is 0.286. The van der Waals surface area contributed by atoms with Gasteiger partial charge in [-0.05, 0) is 31.5 Å². The summed E-state index contributed by atoms with van der Waals surface area (Å²) in [6, 6.07) is 7.27. The minimum absolute atomic E-state index is 0.0541. The van der Waals surface area contributed by atoms with E-state index in [2.05, 4.69) is 10.4 Å². The van der Waals surface area contributed by atoms with Crippen LogP contribution in [0.1, 0.15) is 17.0 Å². The summed E-state index contributed by atoms with van der Waals surface area (Å²) >= 11 is 5.81. The van der Waals surface area contributed by atoms with Gasteiger partial charge in [0.15, 0.2) is 0 Å². The van der Waals surface area contributed by atoms with E-state index in [4.69, 9.17) is 11.6 Å². The molecule has 0 fully saturated rings. The molecular formula is C14H16ClN3O. The number of anilines is 1. The molecule has 0 radical (unpaired) electrons. The monoisotopic (exact) mass is 277 g/mol. The van der Waals surface area contributed by atoms with Crippen molar-refractivity contribution in [1.29, 1.82) is 0 Å². The molecule has 0 bridgehead atoms. The van der Waals surface area contributed by atoms with Crippen LogP contribution in [-0.4, -0.2) is 15.7 Å². The van der Waals surface area contributed by atoms with Gasteiger partial charge < -0.3 is 5.32 Å². The molecule has 0 unspecified atom stereocenters. The molecule has 0 spiro atoms. The van der Waals surface area contributed by atoms with Crippen molar-refractivity contribution in [3.63, 3.8) is 0 Å². The van der Waals surface area contributed by atoms with E-state index in [0.29, 0.717) is 11.4 Å². The van der Waals surface area contributed by atoms with Crippen LogP contribution in [0.15, 0.2) is 24.3 Å². The number of halogens is 1. The van der Waals surface area contributed by atoms with E-state index in [0.717, 1.165) is 22.6 Å². The maximum atomic E-state index is 12.0. The van der Waals surface area contributed by atoms with Gasteiger partial charge in [-0.1, -0.05) is 23.7 Å². The van der Waals surface area contributed by atoms with Gasteiger partial charge in [0.1, 0.15) is 0 Å². The summed E-state index contributed by atoms with van der Waals surface area (Å²) in [5, 5.41) is 7.84. The quantitative estimate of drug-likeness (QED) is 0.938. The van der Waals surface area contributed by atoms with Crippen molar-refractivity contribution in [2.24, 2.45) is 7.05 Å². The van der Waals surface area contributed by atoms with Crippen LogP contribution < -0.4 is 5.32 Å². The van der Waals surface area contributed by atoms with Crippen LogP contribution in [0.4, 0.5) is 5.69 Å². The normalized spacial score (nSPS) is 10.5. The summed E-state index contributed by atoms with van der Waals surface area (Å²) in [5.74, 6) is -0.0541. The van der Waals surface area contributed by atoms with E-state index >= 15 is 0 Å². The molecule has 4 nitrogen and oxygen atoms in total. The van der Waals surface area contributed by atoms with Gasteiger partial charge >= 0.3 is 0 Å². The SMILES string of the molecule is Cc1nn(C)c(C)c1NC(=O)Cc1ccc(Cl)cc1. The van der Waals surface area contributed by atoms with Gasteiger partial charge in [0.25, 0.3) is 0 Å². The second kappa shape index (κ2) is 5.45. The first-order valence-corrected chi connectivity index (χ1v) is 6.39. The highest BCUT2D eigenvalue weighted by Crippen LogP contribution is 2.18. The second-order valence-electron chi connectivity index (χ2n) is 4.52. The van der Waals surface area contributed by atoms with Gasteiger partial charge in [0.05, 0.1) is 23.5 Å². The van der Waals surface area contributed by atoms with E-state index in [1.165, 1.54) is 0 Å².